The van der Waals surface area contributed by atoms with Crippen molar-refractivity contribution >= 4 is 10.8 Å². The van der Waals surface area contributed by atoms with Crippen LogP contribution in [0, 0.1) is 0 Å². The van der Waals surface area contributed by atoms with E-state index in [-0.39, 0.29) is 17.4 Å². The summed E-state index contributed by atoms with van der Waals surface area (Å²) < 4.78 is 18.4. The average Bonchev–Trinajstić information content (AvgIpc) is 2.95. The molecule has 0 aromatic heterocycles. The predicted octanol–water partition coefficient (Wildman–Crippen LogP) is 3.52. The van der Waals surface area contributed by atoms with Crippen LogP contribution in [0.15, 0.2) is 0 Å². The van der Waals surface area contributed by atoms with Crippen LogP contribution >= 0.6 is 0 Å². The average molecular weight is 316 g/mol. The molecule has 2 N–H and O–H groups in total. The molecule has 0 aromatic carbocycles. The Morgan fingerprint density at radius 3 is 2.10 bits per heavy atom. The summed E-state index contributed by atoms with van der Waals surface area (Å²) in [6.45, 7) is 0.846. The van der Waals surface area contributed by atoms with Crippen molar-refractivity contribution in [3.63, 3.8) is 0 Å². The summed E-state index contributed by atoms with van der Waals surface area (Å²) in [6.07, 6.45) is 14.9. The van der Waals surface area contributed by atoms with Gasteiger partial charge in [0.05, 0.1) is 11.9 Å². The quantitative estimate of drug-likeness (QED) is 0.867. The SMILES string of the molecule is NC1CCCCCCCCCCC1S(=O)CC1CCCO1. The minimum Gasteiger partial charge on any atom is -0.377 e. The lowest BCUT2D eigenvalue weighted by Gasteiger charge is -2.25. The molecule has 3 nitrogen and oxygen atoms in total. The summed E-state index contributed by atoms with van der Waals surface area (Å²) in [6, 6.07) is 0.117. The van der Waals surface area contributed by atoms with Gasteiger partial charge in [0.25, 0.3) is 0 Å². The van der Waals surface area contributed by atoms with Crippen molar-refractivity contribution in [2.45, 2.75) is 94.4 Å². The first-order valence-corrected chi connectivity index (χ1v) is 10.4. The Balaban J connectivity index is 1.85. The highest BCUT2D eigenvalue weighted by atomic mass is 32.2. The van der Waals surface area contributed by atoms with E-state index in [1.807, 2.05) is 0 Å². The molecule has 0 bridgehead atoms. The second-order valence-electron chi connectivity index (χ2n) is 6.79. The summed E-state index contributed by atoms with van der Waals surface area (Å²) >= 11 is 0. The maximum atomic E-state index is 12.7. The van der Waals surface area contributed by atoms with Gasteiger partial charge in [-0.25, -0.2) is 0 Å². The van der Waals surface area contributed by atoms with Gasteiger partial charge in [0.1, 0.15) is 0 Å². The van der Waals surface area contributed by atoms with E-state index in [4.69, 9.17) is 10.5 Å². The molecule has 1 heterocycles. The number of nitrogens with two attached hydrogens (primary N) is 1. The molecule has 2 rings (SSSR count). The van der Waals surface area contributed by atoms with E-state index in [9.17, 15) is 4.21 Å². The second-order valence-corrected chi connectivity index (χ2v) is 8.49. The van der Waals surface area contributed by atoms with E-state index >= 15 is 0 Å². The van der Waals surface area contributed by atoms with E-state index in [1.165, 1.54) is 51.4 Å². The van der Waals surface area contributed by atoms with Crippen LogP contribution in [0.25, 0.3) is 0 Å². The van der Waals surface area contributed by atoms with Gasteiger partial charge in [-0.05, 0) is 25.7 Å². The van der Waals surface area contributed by atoms with Gasteiger partial charge >= 0.3 is 0 Å². The molecular formula is C17H33NO2S. The Morgan fingerprint density at radius 1 is 0.857 bits per heavy atom. The molecule has 1 saturated heterocycles. The fourth-order valence-corrected chi connectivity index (χ4v) is 5.43. The van der Waals surface area contributed by atoms with Crippen LogP contribution in [0.2, 0.25) is 0 Å². The van der Waals surface area contributed by atoms with Crippen LogP contribution < -0.4 is 5.73 Å². The van der Waals surface area contributed by atoms with Crippen LogP contribution in [0.4, 0.5) is 0 Å². The summed E-state index contributed by atoms with van der Waals surface area (Å²) in [7, 11) is -0.819. The molecule has 0 aromatic rings. The lowest BCUT2D eigenvalue weighted by Crippen LogP contribution is -2.40. The lowest BCUT2D eigenvalue weighted by molar-refractivity contribution is 0.128. The highest BCUT2D eigenvalue weighted by Crippen LogP contribution is 2.22. The molecule has 4 atom stereocenters. The zero-order valence-corrected chi connectivity index (χ0v) is 14.3. The Morgan fingerprint density at radius 2 is 1.48 bits per heavy atom. The molecule has 0 amide bonds. The molecule has 1 aliphatic carbocycles. The largest absolute Gasteiger partial charge is 0.377 e. The van der Waals surface area contributed by atoms with Crippen molar-refractivity contribution in [1.29, 1.82) is 0 Å². The fourth-order valence-electron chi connectivity index (χ4n) is 3.60. The number of hydrogen-bond donors (Lipinski definition) is 1. The van der Waals surface area contributed by atoms with Gasteiger partial charge in [-0.15, -0.1) is 0 Å². The van der Waals surface area contributed by atoms with Crippen LogP contribution in [-0.4, -0.2) is 34.0 Å². The number of ether oxygens (including phenoxy) is 1. The standard InChI is InChI=1S/C17H33NO2S/c18-16-11-7-5-3-1-2-4-6-8-12-17(16)21(19)14-15-10-9-13-20-15/h15-17H,1-14,18H2. The van der Waals surface area contributed by atoms with E-state index in [2.05, 4.69) is 0 Å². The first kappa shape index (κ1) is 17.4. The Kier molecular flexibility index (Phi) is 8.26. The lowest BCUT2D eigenvalue weighted by atomic mass is 9.98. The first-order chi connectivity index (χ1) is 10.3. The van der Waals surface area contributed by atoms with Gasteiger partial charge in [0, 0.05) is 28.7 Å². The second kappa shape index (κ2) is 9.96. The Hall–Kier alpha value is 0.0700. The molecule has 2 aliphatic rings. The summed E-state index contributed by atoms with van der Waals surface area (Å²) in [5.74, 6) is 0.707. The monoisotopic (exact) mass is 315 g/mol. The van der Waals surface area contributed by atoms with Crippen molar-refractivity contribution in [2.75, 3.05) is 12.4 Å². The topological polar surface area (TPSA) is 52.3 Å². The number of rotatable bonds is 3. The van der Waals surface area contributed by atoms with Crippen molar-refractivity contribution in [1.82, 2.24) is 0 Å². The molecule has 1 saturated carbocycles. The molecule has 2 fully saturated rings. The molecule has 124 valence electrons. The Bertz CT molecular complexity index is 305. The maximum absolute atomic E-state index is 12.7. The molecule has 4 heteroatoms. The molecule has 1 aliphatic heterocycles. The third kappa shape index (κ3) is 6.37. The van der Waals surface area contributed by atoms with Gasteiger partial charge in [-0.1, -0.05) is 51.4 Å². The van der Waals surface area contributed by atoms with Gasteiger partial charge in [0.2, 0.25) is 0 Å². The molecule has 21 heavy (non-hydrogen) atoms. The van der Waals surface area contributed by atoms with E-state index in [0.29, 0.717) is 5.75 Å². The van der Waals surface area contributed by atoms with Gasteiger partial charge in [0.15, 0.2) is 0 Å². The van der Waals surface area contributed by atoms with Crippen molar-refractivity contribution < 1.29 is 8.95 Å². The van der Waals surface area contributed by atoms with E-state index < -0.39 is 10.8 Å². The summed E-state index contributed by atoms with van der Waals surface area (Å²) in [5, 5.41) is 0.189. The van der Waals surface area contributed by atoms with E-state index in [1.54, 1.807) is 0 Å². The molecule has 0 spiro atoms. The minimum absolute atomic E-state index is 0.117. The van der Waals surface area contributed by atoms with Crippen LogP contribution in [0.5, 0.6) is 0 Å². The minimum atomic E-state index is -0.819. The smallest absolute Gasteiger partial charge is 0.0691 e. The summed E-state index contributed by atoms with van der Waals surface area (Å²) in [5.41, 5.74) is 6.40. The van der Waals surface area contributed by atoms with Crippen molar-refractivity contribution in [2.24, 2.45) is 5.73 Å². The zero-order valence-electron chi connectivity index (χ0n) is 13.4. The first-order valence-electron chi connectivity index (χ1n) is 9.02. The van der Waals surface area contributed by atoms with Crippen LogP contribution in [-0.2, 0) is 15.5 Å². The van der Waals surface area contributed by atoms with Gasteiger partial charge in [-0.2, -0.15) is 0 Å². The maximum Gasteiger partial charge on any atom is 0.0691 e. The normalized spacial score (nSPS) is 34.8. The highest BCUT2D eigenvalue weighted by Gasteiger charge is 2.27. The fraction of sp³-hybridized carbons (Fsp3) is 1.00. The van der Waals surface area contributed by atoms with Gasteiger partial charge < -0.3 is 10.5 Å². The molecule has 0 radical (unpaired) electrons. The third-order valence-electron chi connectivity index (χ3n) is 4.97. The highest BCUT2D eigenvalue weighted by molar-refractivity contribution is 7.85. The van der Waals surface area contributed by atoms with E-state index in [0.717, 1.165) is 32.3 Å². The van der Waals surface area contributed by atoms with Gasteiger partial charge in [-0.3, -0.25) is 4.21 Å². The summed E-state index contributed by atoms with van der Waals surface area (Å²) in [4.78, 5) is 0. The van der Waals surface area contributed by atoms with Crippen LogP contribution in [0.3, 0.4) is 0 Å². The van der Waals surface area contributed by atoms with Crippen molar-refractivity contribution in [3.05, 3.63) is 0 Å². The zero-order chi connectivity index (χ0) is 14.9. The Labute approximate surface area is 132 Å². The molecule has 4 unspecified atom stereocenters. The third-order valence-corrected chi connectivity index (χ3v) is 6.93. The van der Waals surface area contributed by atoms with Crippen LogP contribution in [0.1, 0.15) is 77.0 Å². The number of hydrogen-bond acceptors (Lipinski definition) is 3. The van der Waals surface area contributed by atoms with Crippen molar-refractivity contribution in [3.8, 4) is 0 Å². The molecular weight excluding hydrogens is 282 g/mol. The predicted molar refractivity (Wildman–Crippen MR) is 89.9 cm³/mol.